The van der Waals surface area contributed by atoms with Crippen LogP contribution in [0.4, 0.5) is 10.5 Å². The fourth-order valence-corrected chi connectivity index (χ4v) is 4.65. The molecular formula is C21H16BrClN4O4S. The van der Waals surface area contributed by atoms with Crippen LogP contribution >= 0.6 is 39.3 Å². The summed E-state index contributed by atoms with van der Waals surface area (Å²) in [5.74, 6) is -1.06. The van der Waals surface area contributed by atoms with Crippen molar-refractivity contribution in [2.45, 2.75) is 0 Å². The van der Waals surface area contributed by atoms with Gasteiger partial charge in [-0.15, -0.1) is 0 Å². The van der Waals surface area contributed by atoms with Crippen LogP contribution < -0.4 is 11.0 Å². The summed E-state index contributed by atoms with van der Waals surface area (Å²) in [4.78, 5) is 50.7. The van der Waals surface area contributed by atoms with Gasteiger partial charge in [-0.05, 0) is 69.7 Å². The van der Waals surface area contributed by atoms with Crippen LogP contribution in [0.1, 0.15) is 5.56 Å². The zero-order valence-electron chi connectivity index (χ0n) is 16.9. The Morgan fingerprint density at radius 1 is 1.09 bits per heavy atom. The summed E-state index contributed by atoms with van der Waals surface area (Å²) in [6.07, 6.45) is 1.58. The SMILES string of the molecule is Cn1c(=O)n(C)c2cc(/C=C3\SC(=O)N(CC(=O)Nc4ccc(Cl)c(Br)c4)C3=O)ccc21. The smallest absolute Gasteiger partial charge is 0.324 e. The number of nitrogens with zero attached hydrogens (tertiary/aromatic N) is 3. The fourth-order valence-electron chi connectivity index (χ4n) is 3.32. The van der Waals surface area contributed by atoms with Crippen LogP contribution in [0.2, 0.25) is 5.02 Å². The molecule has 11 heteroatoms. The van der Waals surface area contributed by atoms with Crippen molar-refractivity contribution < 1.29 is 14.4 Å². The highest BCUT2D eigenvalue weighted by Gasteiger charge is 2.36. The predicted octanol–water partition coefficient (Wildman–Crippen LogP) is 3.97. The minimum Gasteiger partial charge on any atom is -0.324 e. The summed E-state index contributed by atoms with van der Waals surface area (Å²) in [5, 5.41) is 2.61. The quantitative estimate of drug-likeness (QED) is 0.511. The molecule has 32 heavy (non-hydrogen) atoms. The van der Waals surface area contributed by atoms with Crippen LogP contribution in [-0.2, 0) is 23.7 Å². The first-order valence-electron chi connectivity index (χ1n) is 9.31. The Labute approximate surface area is 199 Å². The molecule has 0 unspecified atom stereocenters. The minimum atomic E-state index is -0.547. The number of aromatic nitrogens is 2. The number of carbonyl (C=O) groups excluding carboxylic acids is 3. The molecule has 1 saturated heterocycles. The molecule has 0 aliphatic carbocycles. The van der Waals surface area contributed by atoms with E-state index in [0.29, 0.717) is 26.3 Å². The average molecular weight is 536 g/mol. The van der Waals surface area contributed by atoms with Gasteiger partial charge in [0.05, 0.1) is 21.0 Å². The molecule has 0 saturated carbocycles. The maximum Gasteiger partial charge on any atom is 0.328 e. The van der Waals surface area contributed by atoms with Crippen molar-refractivity contribution in [3.05, 3.63) is 66.8 Å². The van der Waals surface area contributed by atoms with Gasteiger partial charge in [-0.2, -0.15) is 0 Å². The molecule has 1 aromatic heterocycles. The van der Waals surface area contributed by atoms with Gasteiger partial charge >= 0.3 is 5.69 Å². The lowest BCUT2D eigenvalue weighted by atomic mass is 10.2. The van der Waals surface area contributed by atoms with Crippen LogP contribution in [0, 0.1) is 0 Å². The van der Waals surface area contributed by atoms with E-state index in [2.05, 4.69) is 21.2 Å². The monoisotopic (exact) mass is 534 g/mol. The molecule has 3 aromatic rings. The molecular weight excluding hydrogens is 520 g/mol. The molecule has 1 aliphatic rings. The summed E-state index contributed by atoms with van der Waals surface area (Å²) in [6.45, 7) is -0.408. The Morgan fingerprint density at radius 2 is 1.81 bits per heavy atom. The second kappa shape index (κ2) is 8.61. The van der Waals surface area contributed by atoms with E-state index in [9.17, 15) is 19.2 Å². The first kappa shape index (κ1) is 22.4. The number of nitrogens with one attached hydrogen (secondary N) is 1. The molecule has 8 nitrogen and oxygen atoms in total. The molecule has 3 amide bonds. The molecule has 0 spiro atoms. The minimum absolute atomic E-state index is 0.156. The third-order valence-electron chi connectivity index (χ3n) is 4.97. The molecule has 2 heterocycles. The van der Waals surface area contributed by atoms with E-state index in [1.54, 1.807) is 56.6 Å². The molecule has 1 N–H and O–H groups in total. The Bertz CT molecular complexity index is 1390. The van der Waals surface area contributed by atoms with Crippen LogP contribution in [0.15, 0.2) is 50.6 Å². The summed E-state index contributed by atoms with van der Waals surface area (Å²) in [6, 6.07) is 10.2. The fraction of sp³-hybridized carbons (Fsp3) is 0.143. The molecule has 4 rings (SSSR count). The van der Waals surface area contributed by atoms with Crippen molar-refractivity contribution in [2.24, 2.45) is 14.1 Å². The topological polar surface area (TPSA) is 93.4 Å². The molecule has 0 atom stereocenters. The van der Waals surface area contributed by atoms with Gasteiger partial charge in [0, 0.05) is 24.3 Å². The number of halogens is 2. The van der Waals surface area contributed by atoms with Gasteiger partial charge in [0.15, 0.2) is 0 Å². The molecule has 164 valence electrons. The standard InChI is InChI=1S/C21H16BrClN4O4S/c1-25-15-6-3-11(7-16(15)26(2)20(25)30)8-17-19(29)27(21(31)32-17)10-18(28)24-12-4-5-14(23)13(22)9-12/h3-9H,10H2,1-2H3,(H,24,28)/b17-8-. The Hall–Kier alpha value is -2.82. The Morgan fingerprint density at radius 3 is 2.53 bits per heavy atom. The van der Waals surface area contributed by atoms with Gasteiger partial charge in [-0.3, -0.25) is 28.4 Å². The maximum atomic E-state index is 12.7. The summed E-state index contributed by atoms with van der Waals surface area (Å²) in [7, 11) is 3.35. The summed E-state index contributed by atoms with van der Waals surface area (Å²) >= 11 is 9.98. The Kier molecular flexibility index (Phi) is 6.02. The number of benzene rings is 2. The number of aryl methyl sites for hydroxylation is 2. The zero-order valence-corrected chi connectivity index (χ0v) is 20.0. The van der Waals surface area contributed by atoms with Gasteiger partial charge in [0.2, 0.25) is 5.91 Å². The number of amides is 3. The molecule has 0 radical (unpaired) electrons. The number of imidazole rings is 1. The van der Waals surface area contributed by atoms with Gasteiger partial charge in [0.1, 0.15) is 6.54 Å². The van der Waals surface area contributed by atoms with Crippen LogP contribution in [0.25, 0.3) is 17.1 Å². The van der Waals surface area contributed by atoms with E-state index in [0.717, 1.165) is 22.2 Å². The molecule has 0 bridgehead atoms. The van der Waals surface area contributed by atoms with Gasteiger partial charge < -0.3 is 5.32 Å². The molecule has 2 aromatic carbocycles. The summed E-state index contributed by atoms with van der Waals surface area (Å²) < 4.78 is 3.65. The van der Waals surface area contributed by atoms with Crippen LogP contribution in [0.5, 0.6) is 0 Å². The number of anilines is 1. The predicted molar refractivity (Wildman–Crippen MR) is 129 cm³/mol. The lowest BCUT2D eigenvalue weighted by molar-refractivity contribution is -0.127. The number of fused-ring (bicyclic) bond motifs is 1. The first-order valence-corrected chi connectivity index (χ1v) is 11.3. The van der Waals surface area contributed by atoms with E-state index < -0.39 is 23.6 Å². The highest BCUT2D eigenvalue weighted by atomic mass is 79.9. The molecule has 1 fully saturated rings. The number of rotatable bonds is 4. The van der Waals surface area contributed by atoms with Crippen LogP contribution in [-0.4, -0.2) is 37.6 Å². The lowest BCUT2D eigenvalue weighted by Gasteiger charge is -2.12. The van der Waals surface area contributed by atoms with Gasteiger partial charge in [-0.1, -0.05) is 17.7 Å². The highest BCUT2D eigenvalue weighted by Crippen LogP contribution is 2.32. The van der Waals surface area contributed by atoms with Crippen molar-refractivity contribution in [1.82, 2.24) is 14.0 Å². The first-order chi connectivity index (χ1) is 15.2. The van der Waals surface area contributed by atoms with Crippen molar-refractivity contribution >= 4 is 79.1 Å². The second-order valence-electron chi connectivity index (χ2n) is 7.09. The third-order valence-corrected chi connectivity index (χ3v) is 7.09. The van der Waals surface area contributed by atoms with Gasteiger partial charge in [-0.25, -0.2) is 4.79 Å². The van der Waals surface area contributed by atoms with E-state index in [1.165, 1.54) is 9.13 Å². The second-order valence-corrected chi connectivity index (χ2v) is 9.35. The van der Waals surface area contributed by atoms with E-state index in [-0.39, 0.29) is 10.6 Å². The van der Waals surface area contributed by atoms with Crippen molar-refractivity contribution in [3.63, 3.8) is 0 Å². The van der Waals surface area contributed by atoms with Crippen molar-refractivity contribution in [1.29, 1.82) is 0 Å². The summed E-state index contributed by atoms with van der Waals surface area (Å²) in [5.41, 5.74) is 2.46. The molecule has 1 aliphatic heterocycles. The van der Waals surface area contributed by atoms with Crippen molar-refractivity contribution in [2.75, 3.05) is 11.9 Å². The number of hydrogen-bond donors (Lipinski definition) is 1. The van der Waals surface area contributed by atoms with E-state index in [4.69, 9.17) is 11.6 Å². The average Bonchev–Trinajstić information content (AvgIpc) is 3.13. The largest absolute Gasteiger partial charge is 0.328 e. The maximum absolute atomic E-state index is 12.7. The highest BCUT2D eigenvalue weighted by molar-refractivity contribution is 9.10. The normalized spacial score (nSPS) is 15.2. The van der Waals surface area contributed by atoms with E-state index in [1.807, 2.05) is 0 Å². The Balaban J connectivity index is 1.52. The van der Waals surface area contributed by atoms with Gasteiger partial charge in [0.25, 0.3) is 11.1 Å². The number of carbonyl (C=O) groups is 3. The third kappa shape index (κ3) is 4.13. The zero-order chi connectivity index (χ0) is 23.2. The van der Waals surface area contributed by atoms with Crippen molar-refractivity contribution in [3.8, 4) is 0 Å². The number of hydrogen-bond acceptors (Lipinski definition) is 5. The van der Waals surface area contributed by atoms with Crippen LogP contribution in [0.3, 0.4) is 0 Å². The number of imide groups is 1. The lowest BCUT2D eigenvalue weighted by Crippen LogP contribution is -2.36. The van der Waals surface area contributed by atoms with E-state index >= 15 is 0 Å². The number of thioether (sulfide) groups is 1.